The van der Waals surface area contributed by atoms with Crippen LogP contribution >= 0.6 is 0 Å². The highest BCUT2D eigenvalue weighted by molar-refractivity contribution is 5.91. The molecule has 0 spiro atoms. The number of rotatable bonds is 3. The summed E-state index contributed by atoms with van der Waals surface area (Å²) < 4.78 is 10.3. The minimum atomic E-state index is -0.127. The lowest BCUT2D eigenvalue weighted by atomic mass is 9.97. The van der Waals surface area contributed by atoms with Crippen molar-refractivity contribution in [2.75, 3.05) is 13.1 Å². The molecule has 1 atom stereocenters. The molecule has 2 aromatic rings. The summed E-state index contributed by atoms with van der Waals surface area (Å²) in [5.41, 5.74) is 0.705. The van der Waals surface area contributed by atoms with E-state index >= 15 is 0 Å². The van der Waals surface area contributed by atoms with Crippen LogP contribution in [0.25, 0.3) is 0 Å². The Kier molecular flexibility index (Phi) is 3.96. The van der Waals surface area contributed by atoms with Gasteiger partial charge >= 0.3 is 0 Å². The van der Waals surface area contributed by atoms with Gasteiger partial charge in [0, 0.05) is 31.0 Å². The van der Waals surface area contributed by atoms with Crippen LogP contribution < -0.4 is 0 Å². The van der Waals surface area contributed by atoms with Gasteiger partial charge in [0.05, 0.1) is 5.69 Å². The number of hydrogen-bond donors (Lipinski definition) is 0. The van der Waals surface area contributed by atoms with E-state index in [1.165, 1.54) is 0 Å². The highest BCUT2D eigenvalue weighted by Gasteiger charge is 2.30. The van der Waals surface area contributed by atoms with Crippen LogP contribution in [0.4, 0.5) is 0 Å². The van der Waals surface area contributed by atoms with Gasteiger partial charge in [0.1, 0.15) is 0 Å². The van der Waals surface area contributed by atoms with Crippen molar-refractivity contribution < 1.29 is 13.8 Å². The minimum absolute atomic E-state index is 0.109. The molecule has 0 N–H and O–H groups in total. The van der Waals surface area contributed by atoms with E-state index in [9.17, 15) is 4.79 Å². The first kappa shape index (κ1) is 14.7. The first-order valence-electron chi connectivity index (χ1n) is 7.60. The van der Waals surface area contributed by atoms with Gasteiger partial charge in [-0.3, -0.25) is 4.79 Å². The largest absolute Gasteiger partial charge is 0.351 e. The number of aromatic nitrogens is 3. The lowest BCUT2D eigenvalue weighted by Crippen LogP contribution is -2.39. The van der Waals surface area contributed by atoms with Gasteiger partial charge in [-0.2, -0.15) is 4.98 Å². The van der Waals surface area contributed by atoms with E-state index in [2.05, 4.69) is 15.3 Å². The van der Waals surface area contributed by atoms with E-state index in [0.717, 1.165) is 12.8 Å². The molecule has 0 radical (unpaired) electrons. The fraction of sp³-hybridized carbons (Fsp3) is 0.600. The Balaban J connectivity index is 1.72. The Labute approximate surface area is 128 Å². The van der Waals surface area contributed by atoms with Gasteiger partial charge in [0.2, 0.25) is 11.7 Å². The predicted octanol–water partition coefficient (Wildman–Crippen LogP) is 2.51. The second-order valence-corrected chi connectivity index (χ2v) is 6.07. The molecule has 0 aromatic carbocycles. The van der Waals surface area contributed by atoms with E-state index in [4.69, 9.17) is 9.05 Å². The Morgan fingerprint density at radius 2 is 2.18 bits per heavy atom. The number of nitrogens with zero attached hydrogens (tertiary/aromatic N) is 4. The van der Waals surface area contributed by atoms with E-state index in [0.29, 0.717) is 30.5 Å². The maximum absolute atomic E-state index is 12.4. The summed E-state index contributed by atoms with van der Waals surface area (Å²) in [5, 5.41) is 7.84. The molecule has 1 aliphatic rings. The first-order valence-corrected chi connectivity index (χ1v) is 7.60. The average Bonchev–Trinajstić information content (AvgIpc) is 3.15. The smallest absolute Gasteiger partial charge is 0.292 e. The minimum Gasteiger partial charge on any atom is -0.351 e. The standard InChI is InChI=1S/C15H20N4O3/c1-9(2)14-16-13(18-22-14)11-5-4-6-19(8-11)15(20)12-7-10(3)17-21-12/h7,9,11H,4-6,8H2,1-3H3/t11-/m1/s1. The molecule has 0 aliphatic carbocycles. The zero-order valence-corrected chi connectivity index (χ0v) is 13.1. The van der Waals surface area contributed by atoms with Gasteiger partial charge in [0.15, 0.2) is 5.82 Å². The Bertz CT molecular complexity index is 661. The third kappa shape index (κ3) is 2.88. The molecule has 1 saturated heterocycles. The highest BCUT2D eigenvalue weighted by Crippen LogP contribution is 2.27. The highest BCUT2D eigenvalue weighted by atomic mass is 16.5. The molecule has 1 aliphatic heterocycles. The van der Waals surface area contributed by atoms with Gasteiger partial charge in [-0.1, -0.05) is 24.2 Å². The molecule has 2 aromatic heterocycles. The SMILES string of the molecule is Cc1cc(C(=O)N2CCC[C@@H](c3noc(C(C)C)n3)C2)on1. The van der Waals surface area contributed by atoms with Crippen LogP contribution in [-0.4, -0.2) is 39.2 Å². The molecule has 0 saturated carbocycles. The molecule has 0 unspecified atom stereocenters. The molecule has 0 bridgehead atoms. The van der Waals surface area contributed by atoms with E-state index < -0.39 is 0 Å². The number of likely N-dealkylation sites (tertiary alicyclic amines) is 1. The third-order valence-corrected chi connectivity index (χ3v) is 3.86. The second-order valence-electron chi connectivity index (χ2n) is 6.07. The molecule has 1 fully saturated rings. The molecular formula is C15H20N4O3. The molecule has 3 heterocycles. The van der Waals surface area contributed by atoms with Crippen molar-refractivity contribution in [3.63, 3.8) is 0 Å². The first-order chi connectivity index (χ1) is 10.5. The van der Waals surface area contributed by atoms with Crippen molar-refractivity contribution in [2.45, 2.75) is 45.4 Å². The zero-order valence-electron chi connectivity index (χ0n) is 13.1. The normalized spacial score (nSPS) is 18.9. The monoisotopic (exact) mass is 304 g/mol. The van der Waals surface area contributed by atoms with E-state index in [1.807, 2.05) is 13.8 Å². The summed E-state index contributed by atoms with van der Waals surface area (Å²) in [6.07, 6.45) is 1.87. The van der Waals surface area contributed by atoms with E-state index in [-0.39, 0.29) is 23.5 Å². The summed E-state index contributed by atoms with van der Waals surface area (Å²) in [6, 6.07) is 1.66. The predicted molar refractivity (Wildman–Crippen MR) is 77.5 cm³/mol. The second kappa shape index (κ2) is 5.90. The summed E-state index contributed by atoms with van der Waals surface area (Å²) in [4.78, 5) is 18.7. The maximum Gasteiger partial charge on any atom is 0.292 e. The van der Waals surface area contributed by atoms with Crippen molar-refractivity contribution in [2.24, 2.45) is 0 Å². The summed E-state index contributed by atoms with van der Waals surface area (Å²) in [7, 11) is 0. The Morgan fingerprint density at radius 1 is 1.36 bits per heavy atom. The van der Waals surface area contributed by atoms with Crippen LogP contribution in [0.1, 0.15) is 66.5 Å². The number of piperidine rings is 1. The van der Waals surface area contributed by atoms with Crippen molar-refractivity contribution in [1.82, 2.24) is 20.2 Å². The third-order valence-electron chi connectivity index (χ3n) is 3.86. The summed E-state index contributed by atoms with van der Waals surface area (Å²) in [5.74, 6) is 1.81. The molecule has 3 rings (SSSR count). The van der Waals surface area contributed by atoms with Gasteiger partial charge in [-0.05, 0) is 19.8 Å². The van der Waals surface area contributed by atoms with Crippen LogP contribution in [0.2, 0.25) is 0 Å². The lowest BCUT2D eigenvalue weighted by molar-refractivity contribution is 0.0661. The average molecular weight is 304 g/mol. The van der Waals surface area contributed by atoms with Gasteiger partial charge in [0.25, 0.3) is 5.91 Å². The molecule has 7 heteroatoms. The van der Waals surface area contributed by atoms with Crippen LogP contribution in [-0.2, 0) is 0 Å². The van der Waals surface area contributed by atoms with Crippen LogP contribution in [0, 0.1) is 6.92 Å². The molecule has 22 heavy (non-hydrogen) atoms. The van der Waals surface area contributed by atoms with Crippen molar-refractivity contribution in [3.05, 3.63) is 29.2 Å². The molecule has 118 valence electrons. The van der Waals surface area contributed by atoms with Gasteiger partial charge in [-0.15, -0.1) is 0 Å². The van der Waals surface area contributed by atoms with Crippen LogP contribution in [0.5, 0.6) is 0 Å². The Hall–Kier alpha value is -2.18. The maximum atomic E-state index is 12.4. The number of carbonyl (C=O) groups excluding carboxylic acids is 1. The fourth-order valence-electron chi connectivity index (χ4n) is 2.64. The number of amides is 1. The molecule has 1 amide bonds. The van der Waals surface area contributed by atoms with Crippen LogP contribution in [0.3, 0.4) is 0 Å². The quantitative estimate of drug-likeness (QED) is 0.866. The molecule has 7 nitrogen and oxygen atoms in total. The number of carbonyl (C=O) groups is 1. The Morgan fingerprint density at radius 3 is 2.82 bits per heavy atom. The van der Waals surface area contributed by atoms with E-state index in [1.54, 1.807) is 17.9 Å². The topological polar surface area (TPSA) is 85.3 Å². The lowest BCUT2D eigenvalue weighted by Gasteiger charge is -2.30. The summed E-state index contributed by atoms with van der Waals surface area (Å²) >= 11 is 0. The van der Waals surface area contributed by atoms with Crippen molar-refractivity contribution in [1.29, 1.82) is 0 Å². The van der Waals surface area contributed by atoms with Crippen molar-refractivity contribution in [3.8, 4) is 0 Å². The van der Waals surface area contributed by atoms with Crippen molar-refractivity contribution >= 4 is 5.91 Å². The fourth-order valence-corrected chi connectivity index (χ4v) is 2.64. The van der Waals surface area contributed by atoms with Gasteiger partial charge in [-0.25, -0.2) is 0 Å². The van der Waals surface area contributed by atoms with Gasteiger partial charge < -0.3 is 13.9 Å². The zero-order chi connectivity index (χ0) is 15.7. The van der Waals surface area contributed by atoms with Crippen LogP contribution in [0.15, 0.2) is 15.1 Å². The summed E-state index contributed by atoms with van der Waals surface area (Å²) in [6.45, 7) is 7.12. The molecular weight excluding hydrogens is 284 g/mol. The number of aryl methyl sites for hydroxylation is 1. The number of hydrogen-bond acceptors (Lipinski definition) is 6.